The lowest BCUT2D eigenvalue weighted by atomic mass is 9.81. The molecule has 2 fully saturated rings. The van der Waals surface area contributed by atoms with E-state index in [0.717, 1.165) is 19.1 Å². The zero-order valence-electron chi connectivity index (χ0n) is 14.0. The van der Waals surface area contributed by atoms with Crippen LogP contribution in [0.2, 0.25) is 0 Å². The fraction of sp³-hybridized carbons (Fsp3) is 1.00. The fourth-order valence-electron chi connectivity index (χ4n) is 4.22. The molecule has 0 radical (unpaired) electrons. The number of nitrogens with one attached hydrogen (secondary N) is 1. The van der Waals surface area contributed by atoms with Gasteiger partial charge in [-0.25, -0.2) is 0 Å². The zero-order valence-corrected chi connectivity index (χ0v) is 14.0. The average Bonchev–Trinajstić information content (AvgIpc) is 2.47. The molecule has 2 unspecified atom stereocenters. The molecule has 1 heterocycles. The molecule has 2 atom stereocenters. The number of hydrogen-bond acceptors (Lipinski definition) is 3. The monoisotopic (exact) mass is 282 g/mol. The van der Waals surface area contributed by atoms with Crippen molar-refractivity contribution in [2.75, 3.05) is 26.8 Å². The molecule has 1 saturated heterocycles. The molecule has 0 amide bonds. The van der Waals surface area contributed by atoms with Crippen LogP contribution >= 0.6 is 0 Å². The molecule has 0 bridgehead atoms. The first-order valence-corrected chi connectivity index (χ1v) is 8.57. The van der Waals surface area contributed by atoms with Crippen LogP contribution in [0.4, 0.5) is 0 Å². The maximum Gasteiger partial charge on any atom is 0.0641 e. The Balaban J connectivity index is 2.02. The summed E-state index contributed by atoms with van der Waals surface area (Å²) in [5.41, 5.74) is 0.143. The Morgan fingerprint density at radius 3 is 2.50 bits per heavy atom. The third-order valence-corrected chi connectivity index (χ3v) is 5.42. The van der Waals surface area contributed by atoms with Crippen LogP contribution in [0.25, 0.3) is 0 Å². The number of piperazine rings is 1. The molecular formula is C17H34N2O. The van der Waals surface area contributed by atoms with E-state index in [4.69, 9.17) is 4.74 Å². The van der Waals surface area contributed by atoms with Crippen molar-refractivity contribution in [2.24, 2.45) is 5.92 Å². The van der Waals surface area contributed by atoms with Gasteiger partial charge in [-0.05, 0) is 39.0 Å². The zero-order chi connectivity index (χ0) is 14.6. The van der Waals surface area contributed by atoms with Crippen LogP contribution in [-0.4, -0.2) is 49.3 Å². The van der Waals surface area contributed by atoms with Crippen LogP contribution < -0.4 is 5.32 Å². The molecule has 20 heavy (non-hydrogen) atoms. The van der Waals surface area contributed by atoms with E-state index in [-0.39, 0.29) is 5.54 Å². The highest BCUT2D eigenvalue weighted by Gasteiger charge is 2.38. The van der Waals surface area contributed by atoms with Crippen molar-refractivity contribution in [1.82, 2.24) is 10.2 Å². The molecular weight excluding hydrogens is 248 g/mol. The summed E-state index contributed by atoms with van der Waals surface area (Å²) in [6, 6.07) is 1.34. The lowest BCUT2D eigenvalue weighted by molar-refractivity contribution is -0.0266. The van der Waals surface area contributed by atoms with Crippen molar-refractivity contribution in [3.63, 3.8) is 0 Å². The van der Waals surface area contributed by atoms with Gasteiger partial charge in [0, 0.05) is 37.8 Å². The number of nitrogens with zero attached hydrogens (tertiary/aromatic N) is 1. The number of hydrogen-bond donors (Lipinski definition) is 1. The van der Waals surface area contributed by atoms with Gasteiger partial charge >= 0.3 is 0 Å². The SMILES string of the molecule is CCC1CNC(C2CCCCC2)CN1C(C)(C)COC. The van der Waals surface area contributed by atoms with E-state index in [1.165, 1.54) is 45.1 Å². The molecule has 1 saturated carbocycles. The molecule has 2 rings (SSSR count). The molecule has 1 aliphatic carbocycles. The Morgan fingerprint density at radius 1 is 1.20 bits per heavy atom. The average molecular weight is 282 g/mol. The quantitative estimate of drug-likeness (QED) is 0.839. The van der Waals surface area contributed by atoms with Crippen molar-refractivity contribution in [3.05, 3.63) is 0 Å². The molecule has 0 aromatic rings. The lowest BCUT2D eigenvalue weighted by Gasteiger charge is -2.50. The summed E-state index contributed by atoms with van der Waals surface area (Å²) in [5, 5.41) is 3.85. The topological polar surface area (TPSA) is 24.5 Å². The van der Waals surface area contributed by atoms with Gasteiger partial charge in [-0.2, -0.15) is 0 Å². The van der Waals surface area contributed by atoms with Gasteiger partial charge in [-0.1, -0.05) is 26.2 Å². The van der Waals surface area contributed by atoms with Crippen molar-refractivity contribution in [3.8, 4) is 0 Å². The standard InChI is InChI=1S/C17H34N2O/c1-5-15-11-18-16(14-9-7-6-8-10-14)12-19(15)17(2,3)13-20-4/h14-16,18H,5-13H2,1-4H3. The highest BCUT2D eigenvalue weighted by atomic mass is 16.5. The molecule has 0 spiro atoms. The molecule has 0 aromatic heterocycles. The van der Waals surface area contributed by atoms with E-state index < -0.39 is 0 Å². The summed E-state index contributed by atoms with van der Waals surface area (Å²) in [7, 11) is 1.82. The van der Waals surface area contributed by atoms with E-state index in [1.54, 1.807) is 0 Å². The van der Waals surface area contributed by atoms with Gasteiger partial charge in [0.1, 0.15) is 0 Å². The van der Waals surface area contributed by atoms with Crippen LogP contribution in [0.5, 0.6) is 0 Å². The normalized spacial score (nSPS) is 30.6. The summed E-state index contributed by atoms with van der Waals surface area (Å²) in [6.45, 7) is 10.1. The predicted molar refractivity (Wildman–Crippen MR) is 85.1 cm³/mol. The minimum Gasteiger partial charge on any atom is -0.383 e. The first-order valence-electron chi connectivity index (χ1n) is 8.57. The highest BCUT2D eigenvalue weighted by molar-refractivity contribution is 4.96. The Morgan fingerprint density at radius 2 is 1.90 bits per heavy atom. The summed E-state index contributed by atoms with van der Waals surface area (Å²) in [4.78, 5) is 2.71. The second-order valence-electron chi connectivity index (χ2n) is 7.37. The third kappa shape index (κ3) is 3.75. The van der Waals surface area contributed by atoms with Gasteiger partial charge in [0.25, 0.3) is 0 Å². The fourth-order valence-corrected chi connectivity index (χ4v) is 4.22. The third-order valence-electron chi connectivity index (χ3n) is 5.42. The Hall–Kier alpha value is -0.120. The Labute approximate surface area is 125 Å². The van der Waals surface area contributed by atoms with Gasteiger partial charge in [0.15, 0.2) is 0 Å². The first kappa shape index (κ1) is 16.3. The van der Waals surface area contributed by atoms with Crippen molar-refractivity contribution < 1.29 is 4.74 Å². The van der Waals surface area contributed by atoms with Gasteiger partial charge in [-0.3, -0.25) is 4.90 Å². The predicted octanol–water partition coefficient (Wildman–Crippen LogP) is 3.04. The summed E-state index contributed by atoms with van der Waals surface area (Å²) >= 11 is 0. The molecule has 1 N–H and O–H groups in total. The maximum absolute atomic E-state index is 5.47. The van der Waals surface area contributed by atoms with Crippen LogP contribution in [0.3, 0.4) is 0 Å². The minimum absolute atomic E-state index is 0.143. The van der Waals surface area contributed by atoms with E-state index in [9.17, 15) is 0 Å². The highest BCUT2D eigenvalue weighted by Crippen LogP contribution is 2.31. The largest absolute Gasteiger partial charge is 0.383 e. The Bertz CT molecular complexity index is 287. The van der Waals surface area contributed by atoms with Crippen LogP contribution in [0.1, 0.15) is 59.3 Å². The Kier molecular flexibility index (Phi) is 5.88. The maximum atomic E-state index is 5.47. The summed E-state index contributed by atoms with van der Waals surface area (Å²) < 4.78 is 5.47. The van der Waals surface area contributed by atoms with Gasteiger partial charge in [0.2, 0.25) is 0 Å². The van der Waals surface area contributed by atoms with Crippen molar-refractivity contribution in [2.45, 2.75) is 76.9 Å². The molecule has 3 nitrogen and oxygen atoms in total. The van der Waals surface area contributed by atoms with E-state index >= 15 is 0 Å². The summed E-state index contributed by atoms with van der Waals surface area (Å²) in [6.07, 6.45) is 8.38. The molecule has 118 valence electrons. The van der Waals surface area contributed by atoms with Gasteiger partial charge < -0.3 is 10.1 Å². The van der Waals surface area contributed by atoms with Crippen LogP contribution in [-0.2, 0) is 4.74 Å². The second kappa shape index (κ2) is 7.24. The number of rotatable bonds is 5. The molecule has 1 aliphatic heterocycles. The molecule has 0 aromatic carbocycles. The van der Waals surface area contributed by atoms with E-state index in [1.807, 2.05) is 7.11 Å². The van der Waals surface area contributed by atoms with Crippen molar-refractivity contribution >= 4 is 0 Å². The van der Waals surface area contributed by atoms with Gasteiger partial charge in [-0.15, -0.1) is 0 Å². The van der Waals surface area contributed by atoms with E-state index in [0.29, 0.717) is 12.1 Å². The minimum atomic E-state index is 0.143. The lowest BCUT2D eigenvalue weighted by Crippen LogP contribution is -2.65. The first-order chi connectivity index (χ1) is 9.58. The van der Waals surface area contributed by atoms with Crippen LogP contribution in [0, 0.1) is 5.92 Å². The second-order valence-corrected chi connectivity index (χ2v) is 7.37. The van der Waals surface area contributed by atoms with E-state index in [2.05, 4.69) is 31.0 Å². The van der Waals surface area contributed by atoms with Gasteiger partial charge in [0.05, 0.1) is 6.61 Å². The molecule has 3 heteroatoms. The molecule has 2 aliphatic rings. The van der Waals surface area contributed by atoms with Crippen LogP contribution in [0.15, 0.2) is 0 Å². The number of ether oxygens (including phenoxy) is 1. The number of methoxy groups -OCH3 is 1. The summed E-state index contributed by atoms with van der Waals surface area (Å²) in [5.74, 6) is 0.891. The smallest absolute Gasteiger partial charge is 0.0641 e. The van der Waals surface area contributed by atoms with Crippen molar-refractivity contribution in [1.29, 1.82) is 0 Å².